The minimum Gasteiger partial charge on any atom is -0.406 e. The fourth-order valence-corrected chi connectivity index (χ4v) is 2.65. The molecule has 0 amide bonds. The summed E-state index contributed by atoms with van der Waals surface area (Å²) >= 11 is 0. The van der Waals surface area contributed by atoms with Crippen LogP contribution in [0.5, 0.6) is 5.75 Å². The molecular weight excluding hydrogens is 307 g/mol. The predicted octanol–water partition coefficient (Wildman–Crippen LogP) is 3.39. The first-order valence-electron chi connectivity index (χ1n) is 5.70. The third-order valence-corrected chi connectivity index (χ3v) is 3.75. The normalized spacial score (nSPS) is 12.0. The highest BCUT2D eigenvalue weighted by atomic mass is 32.2. The largest absolute Gasteiger partial charge is 0.573 e. The molecule has 2 rings (SSSR count). The fraction of sp³-hybridized carbons (Fsp3) is 0.0769. The maximum absolute atomic E-state index is 12.1. The van der Waals surface area contributed by atoms with Crippen molar-refractivity contribution < 1.29 is 26.3 Å². The van der Waals surface area contributed by atoms with Gasteiger partial charge in [-0.3, -0.25) is 4.72 Å². The summed E-state index contributed by atoms with van der Waals surface area (Å²) < 4.78 is 66.5. The maximum atomic E-state index is 12.1. The first kappa shape index (κ1) is 15.2. The zero-order valence-corrected chi connectivity index (χ0v) is 11.3. The number of halogens is 3. The molecule has 0 spiro atoms. The van der Waals surface area contributed by atoms with Crippen LogP contribution < -0.4 is 9.46 Å². The van der Waals surface area contributed by atoms with Crippen molar-refractivity contribution in [1.82, 2.24) is 0 Å². The van der Waals surface area contributed by atoms with Gasteiger partial charge in [0.1, 0.15) is 5.75 Å². The molecule has 8 heteroatoms. The molecule has 0 saturated carbocycles. The van der Waals surface area contributed by atoms with Crippen molar-refractivity contribution >= 4 is 15.7 Å². The first-order valence-corrected chi connectivity index (χ1v) is 7.18. The van der Waals surface area contributed by atoms with Crippen LogP contribution in [0.15, 0.2) is 59.5 Å². The summed E-state index contributed by atoms with van der Waals surface area (Å²) in [6, 6.07) is 12.2. The van der Waals surface area contributed by atoms with E-state index in [9.17, 15) is 21.6 Å². The molecule has 0 saturated heterocycles. The molecule has 0 atom stereocenters. The van der Waals surface area contributed by atoms with Crippen molar-refractivity contribution in [2.45, 2.75) is 11.3 Å². The average molecular weight is 317 g/mol. The summed E-state index contributed by atoms with van der Waals surface area (Å²) in [5, 5.41) is 0. The molecule has 0 aliphatic rings. The lowest BCUT2D eigenvalue weighted by Crippen LogP contribution is -2.18. The lowest BCUT2D eigenvalue weighted by Gasteiger charge is -2.11. The van der Waals surface area contributed by atoms with E-state index in [0.29, 0.717) is 5.69 Å². The molecule has 0 aromatic heterocycles. The van der Waals surface area contributed by atoms with Gasteiger partial charge in [0.15, 0.2) is 0 Å². The van der Waals surface area contributed by atoms with Gasteiger partial charge in [-0.05, 0) is 24.3 Å². The molecule has 0 fully saturated rings. The van der Waals surface area contributed by atoms with Gasteiger partial charge in [0, 0.05) is 11.8 Å². The van der Waals surface area contributed by atoms with E-state index in [2.05, 4.69) is 9.46 Å². The van der Waals surface area contributed by atoms with Crippen LogP contribution in [0.25, 0.3) is 0 Å². The maximum Gasteiger partial charge on any atom is 0.573 e. The second-order valence-electron chi connectivity index (χ2n) is 3.99. The molecule has 2 aromatic carbocycles. The quantitative estimate of drug-likeness (QED) is 0.940. The van der Waals surface area contributed by atoms with Gasteiger partial charge >= 0.3 is 6.36 Å². The van der Waals surface area contributed by atoms with Crippen molar-refractivity contribution in [3.63, 3.8) is 0 Å². The number of alkyl halides is 3. The molecule has 0 radical (unpaired) electrons. The smallest absolute Gasteiger partial charge is 0.406 e. The second kappa shape index (κ2) is 5.65. The van der Waals surface area contributed by atoms with Crippen molar-refractivity contribution in [3.05, 3.63) is 54.6 Å². The number of anilines is 1. The van der Waals surface area contributed by atoms with Crippen LogP contribution in [0.3, 0.4) is 0 Å². The highest BCUT2D eigenvalue weighted by Gasteiger charge is 2.31. The topological polar surface area (TPSA) is 55.4 Å². The van der Waals surface area contributed by atoms with Crippen LogP contribution in [-0.4, -0.2) is 14.8 Å². The first-order chi connectivity index (χ1) is 9.76. The SMILES string of the molecule is O=S(=O)(Nc1ccccc1)c1cccc(OC(F)(F)F)c1. The van der Waals surface area contributed by atoms with E-state index in [-0.39, 0.29) is 4.90 Å². The van der Waals surface area contributed by atoms with Gasteiger partial charge in [-0.25, -0.2) is 8.42 Å². The van der Waals surface area contributed by atoms with Gasteiger partial charge in [-0.1, -0.05) is 24.3 Å². The molecule has 21 heavy (non-hydrogen) atoms. The molecule has 2 aromatic rings. The number of ether oxygens (including phenoxy) is 1. The van der Waals surface area contributed by atoms with Crippen molar-refractivity contribution in [1.29, 1.82) is 0 Å². The van der Waals surface area contributed by atoms with Gasteiger partial charge in [-0.2, -0.15) is 0 Å². The molecule has 0 bridgehead atoms. The Balaban J connectivity index is 2.26. The van der Waals surface area contributed by atoms with E-state index < -0.39 is 22.1 Å². The molecule has 0 heterocycles. The Bertz CT molecular complexity index is 715. The Labute approximate surface area is 119 Å². The Morgan fingerprint density at radius 2 is 1.62 bits per heavy atom. The van der Waals surface area contributed by atoms with E-state index in [0.717, 1.165) is 12.1 Å². The average Bonchev–Trinajstić information content (AvgIpc) is 2.37. The van der Waals surface area contributed by atoms with E-state index in [1.165, 1.54) is 24.3 Å². The van der Waals surface area contributed by atoms with Gasteiger partial charge in [0.25, 0.3) is 10.0 Å². The summed E-state index contributed by atoms with van der Waals surface area (Å²) in [5.74, 6) is -0.599. The van der Waals surface area contributed by atoms with Gasteiger partial charge in [-0.15, -0.1) is 13.2 Å². The third-order valence-electron chi connectivity index (χ3n) is 2.38. The molecule has 1 N–H and O–H groups in total. The van der Waals surface area contributed by atoms with Crippen LogP contribution in [-0.2, 0) is 10.0 Å². The summed E-state index contributed by atoms with van der Waals surface area (Å²) in [4.78, 5) is -0.326. The summed E-state index contributed by atoms with van der Waals surface area (Å²) in [6.07, 6.45) is -4.88. The number of rotatable bonds is 4. The Morgan fingerprint density at radius 3 is 2.24 bits per heavy atom. The van der Waals surface area contributed by atoms with Crippen LogP contribution in [0.1, 0.15) is 0 Å². The summed E-state index contributed by atoms with van der Waals surface area (Å²) in [6.45, 7) is 0. The number of benzene rings is 2. The van der Waals surface area contributed by atoms with Crippen molar-refractivity contribution in [3.8, 4) is 5.75 Å². The highest BCUT2D eigenvalue weighted by molar-refractivity contribution is 7.92. The lowest BCUT2D eigenvalue weighted by molar-refractivity contribution is -0.274. The van der Waals surface area contributed by atoms with Crippen molar-refractivity contribution in [2.24, 2.45) is 0 Å². The summed E-state index contributed by atoms with van der Waals surface area (Å²) in [5.41, 5.74) is 0.305. The molecule has 4 nitrogen and oxygen atoms in total. The number of sulfonamides is 1. The molecule has 0 aliphatic heterocycles. The predicted molar refractivity (Wildman–Crippen MR) is 70.4 cm³/mol. The van der Waals surface area contributed by atoms with Gasteiger partial charge in [0.05, 0.1) is 4.90 Å². The number of hydrogen-bond acceptors (Lipinski definition) is 3. The van der Waals surface area contributed by atoms with Crippen LogP contribution in [0, 0.1) is 0 Å². The zero-order chi connectivity index (χ0) is 15.5. The fourth-order valence-electron chi connectivity index (χ4n) is 1.56. The minimum absolute atomic E-state index is 0.305. The molecule has 0 unspecified atom stereocenters. The van der Waals surface area contributed by atoms with E-state index in [1.54, 1.807) is 18.2 Å². The highest BCUT2D eigenvalue weighted by Crippen LogP contribution is 2.25. The van der Waals surface area contributed by atoms with E-state index in [4.69, 9.17) is 0 Å². The third kappa shape index (κ3) is 4.38. The molecular formula is C13H10F3NO3S. The molecule has 112 valence electrons. The van der Waals surface area contributed by atoms with Crippen LogP contribution in [0.4, 0.5) is 18.9 Å². The minimum atomic E-state index is -4.88. The zero-order valence-electron chi connectivity index (χ0n) is 10.5. The van der Waals surface area contributed by atoms with Gasteiger partial charge < -0.3 is 4.74 Å². The standard InChI is InChI=1S/C13H10F3NO3S/c14-13(15,16)20-11-7-4-8-12(9-11)21(18,19)17-10-5-2-1-3-6-10/h1-9,17H. The van der Waals surface area contributed by atoms with E-state index >= 15 is 0 Å². The van der Waals surface area contributed by atoms with Crippen molar-refractivity contribution in [2.75, 3.05) is 4.72 Å². The van der Waals surface area contributed by atoms with Gasteiger partial charge in [0.2, 0.25) is 0 Å². The Morgan fingerprint density at radius 1 is 0.952 bits per heavy atom. The Kier molecular flexibility index (Phi) is 4.08. The monoisotopic (exact) mass is 317 g/mol. The number of hydrogen-bond donors (Lipinski definition) is 1. The van der Waals surface area contributed by atoms with Crippen LogP contribution >= 0.6 is 0 Å². The number of nitrogens with one attached hydrogen (secondary N) is 1. The Hall–Kier alpha value is -2.22. The van der Waals surface area contributed by atoms with E-state index in [1.807, 2.05) is 0 Å². The molecule has 0 aliphatic carbocycles. The second-order valence-corrected chi connectivity index (χ2v) is 5.68. The number of para-hydroxylation sites is 1. The summed E-state index contributed by atoms with van der Waals surface area (Å²) in [7, 11) is -3.99. The van der Waals surface area contributed by atoms with Crippen LogP contribution in [0.2, 0.25) is 0 Å². The lowest BCUT2D eigenvalue weighted by atomic mass is 10.3.